The molecule has 2 rings (SSSR count). The summed E-state index contributed by atoms with van der Waals surface area (Å²) in [5.41, 5.74) is -3.41. The Kier molecular flexibility index (Phi) is 4.10. The topological polar surface area (TPSA) is 62.1 Å². The zero-order chi connectivity index (χ0) is 16.5. The zero-order valence-corrected chi connectivity index (χ0v) is 11.4. The molecule has 1 aromatic carbocycles. The Morgan fingerprint density at radius 1 is 1.41 bits per heavy atom. The first-order chi connectivity index (χ1) is 10.1. The first kappa shape index (κ1) is 16.2. The molecule has 1 aliphatic heterocycles. The Bertz CT molecular complexity index is 600. The third kappa shape index (κ3) is 3.03. The maximum absolute atomic E-state index is 12.9. The fraction of sp³-hybridized carbons (Fsp3) is 0.385. The number of alkyl halides is 3. The standard InChI is InChI=1S/C13H12F4N2O3/c1-8-6-12(21,13(15,16)17)19(18-8)11(20)7-22-10-4-2-9(14)3-5-10/h2-5,21H,6-7H2,1H3/t12-/m0/s1. The lowest BCUT2D eigenvalue weighted by molar-refractivity contribution is -0.302. The van der Waals surface area contributed by atoms with Gasteiger partial charge >= 0.3 is 6.18 Å². The first-order valence-electron chi connectivity index (χ1n) is 6.18. The Morgan fingerprint density at radius 3 is 2.55 bits per heavy atom. The number of hydrogen-bond acceptors (Lipinski definition) is 4. The molecule has 0 aromatic heterocycles. The molecule has 1 aliphatic rings. The Morgan fingerprint density at radius 2 is 2.00 bits per heavy atom. The average molecular weight is 320 g/mol. The van der Waals surface area contributed by atoms with Crippen molar-refractivity contribution in [2.24, 2.45) is 5.10 Å². The van der Waals surface area contributed by atoms with Crippen LogP contribution in [0.25, 0.3) is 0 Å². The van der Waals surface area contributed by atoms with Gasteiger partial charge in [0.1, 0.15) is 11.6 Å². The van der Waals surface area contributed by atoms with Crippen LogP contribution in [-0.4, -0.2) is 40.2 Å². The summed E-state index contributed by atoms with van der Waals surface area (Å²) in [5.74, 6) is -1.59. The molecular formula is C13H12F4N2O3. The van der Waals surface area contributed by atoms with E-state index in [4.69, 9.17) is 4.74 Å². The van der Waals surface area contributed by atoms with Crippen molar-refractivity contribution < 1.29 is 32.2 Å². The van der Waals surface area contributed by atoms with Gasteiger partial charge in [-0.3, -0.25) is 4.79 Å². The molecule has 22 heavy (non-hydrogen) atoms. The maximum Gasteiger partial charge on any atom is 0.438 e. The highest BCUT2D eigenvalue weighted by Crippen LogP contribution is 2.40. The van der Waals surface area contributed by atoms with Crippen LogP contribution >= 0.6 is 0 Å². The van der Waals surface area contributed by atoms with Crippen molar-refractivity contribution in [2.45, 2.75) is 25.2 Å². The number of hydrazone groups is 1. The van der Waals surface area contributed by atoms with Gasteiger partial charge in [0.25, 0.3) is 11.6 Å². The van der Waals surface area contributed by atoms with E-state index in [2.05, 4.69) is 5.10 Å². The second-order valence-electron chi connectivity index (χ2n) is 4.77. The SMILES string of the molecule is CC1=NN(C(=O)COc2ccc(F)cc2)[C@@](O)(C(F)(F)F)C1. The number of benzene rings is 1. The fourth-order valence-corrected chi connectivity index (χ4v) is 1.94. The quantitative estimate of drug-likeness (QED) is 0.867. The van der Waals surface area contributed by atoms with E-state index in [-0.39, 0.29) is 16.5 Å². The number of rotatable bonds is 3. The molecule has 1 atom stereocenters. The van der Waals surface area contributed by atoms with Gasteiger partial charge in [0, 0.05) is 12.1 Å². The van der Waals surface area contributed by atoms with Crippen LogP contribution in [0.5, 0.6) is 5.75 Å². The zero-order valence-electron chi connectivity index (χ0n) is 11.4. The maximum atomic E-state index is 12.9. The lowest BCUT2D eigenvalue weighted by Gasteiger charge is -2.32. The van der Waals surface area contributed by atoms with E-state index in [1.54, 1.807) is 0 Å². The first-order valence-corrected chi connectivity index (χ1v) is 6.18. The molecule has 9 heteroatoms. The molecule has 0 spiro atoms. The molecule has 1 aromatic rings. The van der Waals surface area contributed by atoms with Crippen molar-refractivity contribution in [2.75, 3.05) is 6.61 Å². The van der Waals surface area contributed by atoms with Crippen LogP contribution < -0.4 is 4.74 Å². The van der Waals surface area contributed by atoms with E-state index in [0.717, 1.165) is 12.1 Å². The molecule has 0 saturated carbocycles. The Balaban J connectivity index is 2.09. The van der Waals surface area contributed by atoms with Gasteiger partial charge in [0.05, 0.1) is 0 Å². The number of ether oxygens (including phenoxy) is 1. The monoisotopic (exact) mass is 320 g/mol. The van der Waals surface area contributed by atoms with Gasteiger partial charge in [-0.2, -0.15) is 23.3 Å². The van der Waals surface area contributed by atoms with Crippen molar-refractivity contribution in [3.63, 3.8) is 0 Å². The van der Waals surface area contributed by atoms with Gasteiger partial charge in [0.2, 0.25) is 0 Å². The number of aliphatic hydroxyl groups is 1. The minimum atomic E-state index is -5.06. The van der Waals surface area contributed by atoms with Crippen molar-refractivity contribution in [1.29, 1.82) is 0 Å². The van der Waals surface area contributed by atoms with E-state index in [1.807, 2.05) is 0 Å². The molecular weight excluding hydrogens is 308 g/mol. The van der Waals surface area contributed by atoms with Crippen LogP contribution in [0.1, 0.15) is 13.3 Å². The molecule has 120 valence electrons. The van der Waals surface area contributed by atoms with Crippen molar-refractivity contribution in [3.05, 3.63) is 30.1 Å². The van der Waals surface area contributed by atoms with E-state index >= 15 is 0 Å². The summed E-state index contributed by atoms with van der Waals surface area (Å²) in [6.45, 7) is 0.492. The highest BCUT2D eigenvalue weighted by atomic mass is 19.4. The lowest BCUT2D eigenvalue weighted by Crippen LogP contribution is -2.57. The highest BCUT2D eigenvalue weighted by Gasteiger charge is 2.62. The fourth-order valence-electron chi connectivity index (χ4n) is 1.94. The molecule has 1 amide bonds. The van der Waals surface area contributed by atoms with Crippen LogP contribution in [0.4, 0.5) is 17.6 Å². The van der Waals surface area contributed by atoms with E-state index in [1.165, 1.54) is 19.1 Å². The summed E-state index contributed by atoms with van der Waals surface area (Å²) in [7, 11) is 0. The number of carbonyl (C=O) groups is 1. The van der Waals surface area contributed by atoms with Gasteiger partial charge in [-0.25, -0.2) is 4.39 Å². The average Bonchev–Trinajstić information content (AvgIpc) is 2.74. The number of hydrogen-bond donors (Lipinski definition) is 1. The normalized spacial score (nSPS) is 21.7. The van der Waals surface area contributed by atoms with Crippen molar-refractivity contribution in [1.82, 2.24) is 5.01 Å². The number of nitrogens with zero attached hydrogens (tertiary/aromatic N) is 2. The number of halogens is 4. The smallest absolute Gasteiger partial charge is 0.438 e. The van der Waals surface area contributed by atoms with Gasteiger partial charge < -0.3 is 9.84 Å². The molecule has 1 heterocycles. The molecule has 1 N–H and O–H groups in total. The second-order valence-corrected chi connectivity index (χ2v) is 4.77. The minimum Gasteiger partial charge on any atom is -0.484 e. The summed E-state index contributed by atoms with van der Waals surface area (Å²) in [4.78, 5) is 11.9. The molecule has 0 saturated heterocycles. The van der Waals surface area contributed by atoms with Crippen LogP contribution in [-0.2, 0) is 4.79 Å². The molecule has 0 fully saturated rings. The van der Waals surface area contributed by atoms with E-state index < -0.39 is 36.7 Å². The molecule has 0 aliphatic carbocycles. The number of carbonyl (C=O) groups excluding carboxylic acids is 1. The van der Waals surface area contributed by atoms with Gasteiger partial charge in [-0.1, -0.05) is 0 Å². The lowest BCUT2D eigenvalue weighted by atomic mass is 10.1. The predicted molar refractivity (Wildman–Crippen MR) is 67.5 cm³/mol. The third-order valence-corrected chi connectivity index (χ3v) is 2.99. The second kappa shape index (κ2) is 5.56. The van der Waals surface area contributed by atoms with Crippen LogP contribution in [0.15, 0.2) is 29.4 Å². The Hall–Kier alpha value is -2.16. The van der Waals surface area contributed by atoms with Crippen LogP contribution in [0.3, 0.4) is 0 Å². The highest BCUT2D eigenvalue weighted by molar-refractivity contribution is 5.89. The summed E-state index contributed by atoms with van der Waals surface area (Å²) >= 11 is 0. The van der Waals surface area contributed by atoms with Gasteiger partial charge in [0.15, 0.2) is 6.61 Å². The molecule has 0 radical (unpaired) electrons. The largest absolute Gasteiger partial charge is 0.484 e. The van der Waals surface area contributed by atoms with Crippen LogP contribution in [0, 0.1) is 5.82 Å². The molecule has 0 bridgehead atoms. The van der Waals surface area contributed by atoms with Crippen molar-refractivity contribution >= 4 is 11.6 Å². The van der Waals surface area contributed by atoms with Crippen LogP contribution in [0.2, 0.25) is 0 Å². The summed E-state index contributed by atoms with van der Waals surface area (Å²) in [6, 6.07) is 4.59. The Labute approximate surface area is 122 Å². The molecule has 5 nitrogen and oxygen atoms in total. The summed E-state index contributed by atoms with van der Waals surface area (Å²) in [6.07, 6.45) is -5.88. The minimum absolute atomic E-state index is 0.0220. The van der Waals surface area contributed by atoms with E-state index in [0.29, 0.717) is 0 Å². The predicted octanol–water partition coefficient (Wildman–Crippen LogP) is 2.06. The third-order valence-electron chi connectivity index (χ3n) is 2.99. The summed E-state index contributed by atoms with van der Waals surface area (Å²) in [5, 5.41) is 13.1. The summed E-state index contributed by atoms with van der Waals surface area (Å²) < 4.78 is 56.5. The van der Waals surface area contributed by atoms with Crippen molar-refractivity contribution in [3.8, 4) is 5.75 Å². The molecule has 0 unspecified atom stereocenters. The van der Waals surface area contributed by atoms with E-state index in [9.17, 15) is 27.5 Å². The van der Waals surface area contributed by atoms with Gasteiger partial charge in [-0.15, -0.1) is 0 Å². The van der Waals surface area contributed by atoms with Gasteiger partial charge in [-0.05, 0) is 31.2 Å². The number of amides is 1.